The largest absolute Gasteiger partial charge is 0.366 e. The average Bonchev–Trinajstić information content (AvgIpc) is 2.66. The van der Waals surface area contributed by atoms with E-state index >= 15 is 0 Å². The van der Waals surface area contributed by atoms with Gasteiger partial charge in [-0.1, -0.05) is 25.4 Å². The lowest BCUT2D eigenvalue weighted by Gasteiger charge is -2.48. The molecular weight excluding hydrogens is 384 g/mol. The lowest BCUT2D eigenvalue weighted by atomic mass is 9.79. The molecule has 0 saturated carbocycles. The molecule has 1 amide bonds. The highest BCUT2D eigenvalue weighted by Crippen LogP contribution is 2.44. The van der Waals surface area contributed by atoms with Gasteiger partial charge in [-0.15, -0.1) is 0 Å². The van der Waals surface area contributed by atoms with Crippen LogP contribution >= 0.6 is 11.6 Å². The zero-order valence-electron chi connectivity index (χ0n) is 17.8. The molecule has 2 heterocycles. The summed E-state index contributed by atoms with van der Waals surface area (Å²) in [5.41, 5.74) is 7.78. The van der Waals surface area contributed by atoms with E-state index in [4.69, 9.17) is 11.6 Å². The van der Waals surface area contributed by atoms with E-state index in [9.17, 15) is 4.79 Å². The Bertz CT molecular complexity index is 938. The Morgan fingerprint density at radius 2 is 2.21 bits per heavy atom. The lowest BCUT2D eigenvalue weighted by molar-refractivity contribution is 0.0955. The van der Waals surface area contributed by atoms with Crippen molar-refractivity contribution in [3.05, 3.63) is 57.9 Å². The van der Waals surface area contributed by atoms with Gasteiger partial charge in [-0.25, -0.2) is 10.4 Å². The standard InChI is InChI=1S/C23H29ClN4O/c1-6-10-28-20-11-15(2)17(12-19(20)16(3)13-23(28,4)5)14-26-27-22(29)18-8-7-9-25-21(18)24/h7-9,11-12,14,16H,6,10,13H2,1-5H3,(H,27,29)/b26-14-. The second-order valence-corrected chi connectivity index (χ2v) is 8.74. The highest BCUT2D eigenvalue weighted by atomic mass is 35.5. The summed E-state index contributed by atoms with van der Waals surface area (Å²) in [5.74, 6) is 0.0869. The molecule has 0 aliphatic carbocycles. The third kappa shape index (κ3) is 4.45. The number of amides is 1. The zero-order chi connectivity index (χ0) is 21.2. The quantitative estimate of drug-likeness (QED) is 0.411. The number of carbonyl (C=O) groups excluding carboxylic acids is 1. The Morgan fingerprint density at radius 1 is 1.45 bits per heavy atom. The number of aromatic nitrogens is 1. The summed E-state index contributed by atoms with van der Waals surface area (Å²) in [6, 6.07) is 7.75. The normalized spacial score (nSPS) is 18.0. The molecule has 1 N–H and O–H groups in total. The van der Waals surface area contributed by atoms with Gasteiger partial charge in [0.05, 0.1) is 11.8 Å². The van der Waals surface area contributed by atoms with Gasteiger partial charge in [0.1, 0.15) is 5.15 Å². The maximum absolute atomic E-state index is 12.3. The number of fused-ring (bicyclic) bond motifs is 1. The fourth-order valence-electron chi connectivity index (χ4n) is 4.21. The number of carbonyl (C=O) groups is 1. The van der Waals surface area contributed by atoms with Gasteiger partial charge in [0.15, 0.2) is 0 Å². The smallest absolute Gasteiger partial charge is 0.274 e. The van der Waals surface area contributed by atoms with Gasteiger partial charge >= 0.3 is 0 Å². The molecular formula is C23H29ClN4O. The maximum atomic E-state index is 12.3. The van der Waals surface area contributed by atoms with Crippen LogP contribution < -0.4 is 10.3 Å². The van der Waals surface area contributed by atoms with Crippen LogP contribution in [-0.4, -0.2) is 29.2 Å². The van der Waals surface area contributed by atoms with Crippen LogP contribution in [0.1, 0.15) is 73.5 Å². The van der Waals surface area contributed by atoms with E-state index in [0.717, 1.165) is 30.5 Å². The van der Waals surface area contributed by atoms with Gasteiger partial charge in [-0.05, 0) is 80.5 Å². The molecule has 5 nitrogen and oxygen atoms in total. The fraction of sp³-hybridized carbons (Fsp3) is 0.435. The van der Waals surface area contributed by atoms with E-state index in [1.54, 1.807) is 24.5 Å². The number of hydrogen-bond donors (Lipinski definition) is 1. The summed E-state index contributed by atoms with van der Waals surface area (Å²) in [7, 11) is 0. The van der Waals surface area contributed by atoms with Crippen LogP contribution in [0.25, 0.3) is 0 Å². The fourth-order valence-corrected chi connectivity index (χ4v) is 4.42. The van der Waals surface area contributed by atoms with Gasteiger partial charge in [0, 0.05) is 24.0 Å². The van der Waals surface area contributed by atoms with E-state index in [1.165, 1.54) is 11.3 Å². The number of nitrogens with zero attached hydrogens (tertiary/aromatic N) is 3. The number of pyridine rings is 1. The molecule has 1 unspecified atom stereocenters. The van der Waals surface area contributed by atoms with E-state index < -0.39 is 0 Å². The van der Waals surface area contributed by atoms with Gasteiger partial charge in [0.25, 0.3) is 5.91 Å². The average molecular weight is 413 g/mol. The molecule has 154 valence electrons. The van der Waals surface area contributed by atoms with Crippen molar-refractivity contribution in [2.75, 3.05) is 11.4 Å². The second kappa shape index (κ2) is 8.54. The van der Waals surface area contributed by atoms with Gasteiger partial charge in [-0.3, -0.25) is 4.79 Å². The molecule has 0 fully saturated rings. The minimum absolute atomic E-state index is 0.140. The Kier molecular flexibility index (Phi) is 6.27. The first-order valence-corrected chi connectivity index (χ1v) is 10.5. The third-order valence-corrected chi connectivity index (χ3v) is 5.90. The first-order chi connectivity index (χ1) is 13.7. The minimum Gasteiger partial charge on any atom is -0.366 e. The Labute approximate surface area is 178 Å². The van der Waals surface area contributed by atoms with Crippen LogP contribution in [0, 0.1) is 6.92 Å². The van der Waals surface area contributed by atoms with Crippen molar-refractivity contribution in [2.24, 2.45) is 5.10 Å². The number of hydrogen-bond acceptors (Lipinski definition) is 4. The predicted molar refractivity (Wildman–Crippen MR) is 120 cm³/mol. The van der Waals surface area contributed by atoms with Gasteiger partial charge < -0.3 is 4.90 Å². The molecule has 1 aliphatic rings. The molecule has 2 aromatic rings. The zero-order valence-corrected chi connectivity index (χ0v) is 18.5. The molecule has 0 saturated heterocycles. The molecule has 0 radical (unpaired) electrons. The lowest BCUT2D eigenvalue weighted by Crippen LogP contribution is -2.48. The van der Waals surface area contributed by atoms with Crippen molar-refractivity contribution >= 4 is 29.4 Å². The van der Waals surface area contributed by atoms with Crippen LogP contribution in [0.2, 0.25) is 5.15 Å². The molecule has 1 aromatic carbocycles. The monoisotopic (exact) mass is 412 g/mol. The second-order valence-electron chi connectivity index (χ2n) is 8.38. The van der Waals surface area contributed by atoms with Crippen LogP contribution in [0.15, 0.2) is 35.6 Å². The molecule has 6 heteroatoms. The Hall–Kier alpha value is -2.40. The van der Waals surface area contributed by atoms with Crippen LogP contribution in [0.5, 0.6) is 0 Å². The SMILES string of the molecule is CCCN1c2cc(C)c(/C=N\NC(=O)c3cccnc3Cl)cc2C(C)CC1(C)C. The molecule has 1 aliphatic heterocycles. The van der Waals surface area contributed by atoms with E-state index in [1.807, 2.05) is 0 Å². The summed E-state index contributed by atoms with van der Waals surface area (Å²) >= 11 is 5.97. The summed E-state index contributed by atoms with van der Waals surface area (Å²) in [6.45, 7) is 12.3. The van der Waals surface area contributed by atoms with Crippen molar-refractivity contribution in [3.8, 4) is 0 Å². The topological polar surface area (TPSA) is 57.6 Å². The van der Waals surface area contributed by atoms with Crippen molar-refractivity contribution in [1.82, 2.24) is 10.4 Å². The van der Waals surface area contributed by atoms with E-state index in [2.05, 4.69) is 67.2 Å². The molecule has 29 heavy (non-hydrogen) atoms. The molecule has 1 aromatic heterocycles. The molecule has 1 atom stereocenters. The minimum atomic E-state index is -0.376. The van der Waals surface area contributed by atoms with Crippen LogP contribution in [0.4, 0.5) is 5.69 Å². The molecule has 0 bridgehead atoms. The first kappa shape index (κ1) is 21.3. The Morgan fingerprint density at radius 3 is 2.90 bits per heavy atom. The van der Waals surface area contributed by atoms with Crippen molar-refractivity contribution < 1.29 is 4.79 Å². The Balaban J connectivity index is 1.85. The van der Waals surface area contributed by atoms with Gasteiger partial charge in [-0.2, -0.15) is 5.10 Å². The molecule has 0 spiro atoms. The highest BCUT2D eigenvalue weighted by Gasteiger charge is 2.36. The van der Waals surface area contributed by atoms with Crippen LogP contribution in [-0.2, 0) is 0 Å². The number of rotatable bonds is 5. The predicted octanol–water partition coefficient (Wildman–Crippen LogP) is 5.31. The van der Waals surface area contributed by atoms with Crippen molar-refractivity contribution in [2.45, 2.75) is 58.9 Å². The summed E-state index contributed by atoms with van der Waals surface area (Å²) < 4.78 is 0. The summed E-state index contributed by atoms with van der Waals surface area (Å²) in [6.07, 6.45) is 5.47. The number of halogens is 1. The van der Waals surface area contributed by atoms with Crippen LogP contribution in [0.3, 0.4) is 0 Å². The van der Waals surface area contributed by atoms with E-state index in [-0.39, 0.29) is 16.6 Å². The number of nitrogens with one attached hydrogen (secondary N) is 1. The van der Waals surface area contributed by atoms with Crippen molar-refractivity contribution in [1.29, 1.82) is 0 Å². The number of benzene rings is 1. The van der Waals surface area contributed by atoms with Crippen molar-refractivity contribution in [3.63, 3.8) is 0 Å². The highest BCUT2D eigenvalue weighted by molar-refractivity contribution is 6.32. The third-order valence-electron chi connectivity index (χ3n) is 5.59. The van der Waals surface area contributed by atoms with Gasteiger partial charge in [0.2, 0.25) is 0 Å². The number of anilines is 1. The molecule has 3 rings (SSSR count). The summed E-state index contributed by atoms with van der Waals surface area (Å²) in [5, 5.41) is 4.32. The number of aryl methyl sites for hydroxylation is 1. The number of hydrazone groups is 1. The first-order valence-electron chi connectivity index (χ1n) is 10.1. The maximum Gasteiger partial charge on any atom is 0.274 e. The summed E-state index contributed by atoms with van der Waals surface area (Å²) in [4.78, 5) is 18.7. The van der Waals surface area contributed by atoms with E-state index in [0.29, 0.717) is 11.5 Å².